The standard InChI is InChI=1S/C12H19N3O2/c1-8(2)11(13)7-14-10-5-4-9(3)12(6-10)15(16)17/h4-6,8,11,14H,7,13H2,1-3H3. The van der Waals surface area contributed by atoms with Gasteiger partial charge in [0.15, 0.2) is 0 Å². The minimum atomic E-state index is -0.372. The molecule has 0 spiro atoms. The van der Waals surface area contributed by atoms with Crippen molar-refractivity contribution in [3.05, 3.63) is 33.9 Å². The Kier molecular flexibility index (Phi) is 4.45. The van der Waals surface area contributed by atoms with E-state index in [1.165, 1.54) is 0 Å². The predicted molar refractivity (Wildman–Crippen MR) is 69.1 cm³/mol. The SMILES string of the molecule is Cc1ccc(NCC(N)C(C)C)cc1[N+](=O)[O-]. The molecule has 1 aromatic carbocycles. The summed E-state index contributed by atoms with van der Waals surface area (Å²) < 4.78 is 0. The first-order valence-corrected chi connectivity index (χ1v) is 5.66. The molecule has 17 heavy (non-hydrogen) atoms. The van der Waals surface area contributed by atoms with Crippen LogP contribution in [0, 0.1) is 23.0 Å². The van der Waals surface area contributed by atoms with E-state index < -0.39 is 0 Å². The van der Waals surface area contributed by atoms with Crippen molar-refractivity contribution in [2.45, 2.75) is 26.8 Å². The lowest BCUT2D eigenvalue weighted by molar-refractivity contribution is -0.385. The molecule has 0 saturated carbocycles. The molecule has 0 bridgehead atoms. The Hall–Kier alpha value is -1.62. The third-order valence-corrected chi connectivity index (χ3v) is 2.80. The largest absolute Gasteiger partial charge is 0.383 e. The molecule has 0 saturated heterocycles. The van der Waals surface area contributed by atoms with Crippen LogP contribution in [-0.4, -0.2) is 17.5 Å². The maximum atomic E-state index is 10.8. The monoisotopic (exact) mass is 237 g/mol. The van der Waals surface area contributed by atoms with Crippen LogP contribution in [0.3, 0.4) is 0 Å². The second kappa shape index (κ2) is 5.63. The van der Waals surface area contributed by atoms with Crippen LogP contribution >= 0.6 is 0 Å². The predicted octanol–water partition coefficient (Wildman–Crippen LogP) is 2.30. The first kappa shape index (κ1) is 13.4. The molecular formula is C12H19N3O2. The van der Waals surface area contributed by atoms with Gasteiger partial charge in [-0.1, -0.05) is 19.9 Å². The van der Waals surface area contributed by atoms with Crippen molar-refractivity contribution in [1.82, 2.24) is 0 Å². The number of anilines is 1. The van der Waals surface area contributed by atoms with Gasteiger partial charge in [-0.25, -0.2) is 0 Å². The van der Waals surface area contributed by atoms with Crippen LogP contribution in [-0.2, 0) is 0 Å². The molecule has 0 aliphatic carbocycles. The Morgan fingerprint density at radius 3 is 2.65 bits per heavy atom. The van der Waals surface area contributed by atoms with E-state index in [2.05, 4.69) is 5.32 Å². The average Bonchev–Trinajstić information content (AvgIpc) is 2.26. The molecule has 3 N–H and O–H groups in total. The van der Waals surface area contributed by atoms with E-state index >= 15 is 0 Å². The summed E-state index contributed by atoms with van der Waals surface area (Å²) in [5, 5.41) is 13.9. The van der Waals surface area contributed by atoms with Crippen molar-refractivity contribution in [3.63, 3.8) is 0 Å². The minimum absolute atomic E-state index is 0.0374. The number of nitro groups is 1. The summed E-state index contributed by atoms with van der Waals surface area (Å²) in [5.74, 6) is 0.378. The molecule has 94 valence electrons. The van der Waals surface area contributed by atoms with Crippen LogP contribution in [0.1, 0.15) is 19.4 Å². The van der Waals surface area contributed by atoms with Gasteiger partial charge in [-0.2, -0.15) is 0 Å². The highest BCUT2D eigenvalue weighted by molar-refractivity contribution is 5.54. The lowest BCUT2D eigenvalue weighted by Crippen LogP contribution is -2.33. The number of nitrogens with two attached hydrogens (primary N) is 1. The lowest BCUT2D eigenvalue weighted by atomic mass is 10.1. The van der Waals surface area contributed by atoms with Gasteiger partial charge < -0.3 is 11.1 Å². The number of benzene rings is 1. The molecule has 0 aromatic heterocycles. The van der Waals surface area contributed by atoms with E-state index in [-0.39, 0.29) is 16.7 Å². The van der Waals surface area contributed by atoms with Gasteiger partial charge >= 0.3 is 0 Å². The molecule has 0 heterocycles. The van der Waals surface area contributed by atoms with E-state index in [9.17, 15) is 10.1 Å². The highest BCUT2D eigenvalue weighted by atomic mass is 16.6. The summed E-state index contributed by atoms with van der Waals surface area (Å²) in [7, 11) is 0. The van der Waals surface area contributed by atoms with Crippen molar-refractivity contribution in [2.24, 2.45) is 11.7 Å². The Labute approximate surface area is 101 Å². The number of nitrogens with zero attached hydrogens (tertiary/aromatic N) is 1. The van der Waals surface area contributed by atoms with Crippen LogP contribution in [0.5, 0.6) is 0 Å². The van der Waals surface area contributed by atoms with E-state index in [1.54, 1.807) is 19.1 Å². The van der Waals surface area contributed by atoms with Gasteiger partial charge in [0.1, 0.15) is 0 Å². The molecule has 1 unspecified atom stereocenters. The van der Waals surface area contributed by atoms with Crippen molar-refractivity contribution < 1.29 is 4.92 Å². The van der Waals surface area contributed by atoms with E-state index in [4.69, 9.17) is 5.73 Å². The fourth-order valence-electron chi connectivity index (χ4n) is 1.39. The molecule has 0 aliphatic rings. The summed E-state index contributed by atoms with van der Waals surface area (Å²) in [6.45, 7) is 6.42. The maximum absolute atomic E-state index is 10.8. The van der Waals surface area contributed by atoms with Gasteiger partial charge in [-0.3, -0.25) is 10.1 Å². The van der Waals surface area contributed by atoms with Gasteiger partial charge in [0, 0.05) is 29.9 Å². The number of nitrogens with one attached hydrogen (secondary N) is 1. The van der Waals surface area contributed by atoms with Crippen molar-refractivity contribution in [2.75, 3.05) is 11.9 Å². The molecule has 0 fully saturated rings. The number of hydrogen-bond acceptors (Lipinski definition) is 4. The third kappa shape index (κ3) is 3.71. The summed E-state index contributed by atoms with van der Waals surface area (Å²) in [6, 6.07) is 5.15. The van der Waals surface area contributed by atoms with Gasteiger partial charge in [0.05, 0.1) is 4.92 Å². The zero-order chi connectivity index (χ0) is 13.0. The van der Waals surface area contributed by atoms with Gasteiger partial charge in [-0.05, 0) is 18.9 Å². The summed E-state index contributed by atoms with van der Waals surface area (Å²) in [6.07, 6.45) is 0. The molecule has 1 atom stereocenters. The first-order chi connectivity index (χ1) is 7.91. The van der Waals surface area contributed by atoms with Crippen LogP contribution < -0.4 is 11.1 Å². The number of rotatable bonds is 5. The molecular weight excluding hydrogens is 218 g/mol. The van der Waals surface area contributed by atoms with Gasteiger partial charge in [0.2, 0.25) is 0 Å². The molecule has 0 aliphatic heterocycles. The smallest absolute Gasteiger partial charge is 0.274 e. The number of hydrogen-bond donors (Lipinski definition) is 2. The second-order valence-corrected chi connectivity index (χ2v) is 4.55. The van der Waals surface area contributed by atoms with Crippen molar-refractivity contribution >= 4 is 11.4 Å². The Morgan fingerprint density at radius 2 is 2.12 bits per heavy atom. The normalized spacial score (nSPS) is 12.5. The van der Waals surface area contributed by atoms with Crippen molar-refractivity contribution in [1.29, 1.82) is 0 Å². The lowest BCUT2D eigenvalue weighted by Gasteiger charge is -2.17. The Bertz CT molecular complexity index is 405. The van der Waals surface area contributed by atoms with Crippen LogP contribution in [0.25, 0.3) is 0 Å². The quantitative estimate of drug-likeness (QED) is 0.608. The van der Waals surface area contributed by atoms with Gasteiger partial charge in [0.25, 0.3) is 5.69 Å². The van der Waals surface area contributed by atoms with Crippen LogP contribution in [0.2, 0.25) is 0 Å². The van der Waals surface area contributed by atoms with Gasteiger partial charge in [-0.15, -0.1) is 0 Å². The minimum Gasteiger partial charge on any atom is -0.383 e. The molecule has 5 heteroatoms. The fraction of sp³-hybridized carbons (Fsp3) is 0.500. The number of nitro benzene ring substituents is 1. The average molecular weight is 237 g/mol. The molecule has 5 nitrogen and oxygen atoms in total. The summed E-state index contributed by atoms with van der Waals surface area (Å²) >= 11 is 0. The van der Waals surface area contributed by atoms with Crippen molar-refractivity contribution in [3.8, 4) is 0 Å². The zero-order valence-electron chi connectivity index (χ0n) is 10.4. The second-order valence-electron chi connectivity index (χ2n) is 4.55. The topological polar surface area (TPSA) is 81.2 Å². The first-order valence-electron chi connectivity index (χ1n) is 5.66. The highest BCUT2D eigenvalue weighted by Gasteiger charge is 2.12. The summed E-state index contributed by atoms with van der Waals surface area (Å²) in [5.41, 5.74) is 7.42. The molecule has 1 rings (SSSR count). The molecule has 0 radical (unpaired) electrons. The van der Waals surface area contributed by atoms with E-state index in [1.807, 2.05) is 19.9 Å². The zero-order valence-corrected chi connectivity index (χ0v) is 10.4. The third-order valence-electron chi connectivity index (χ3n) is 2.80. The molecule has 0 amide bonds. The maximum Gasteiger partial charge on any atom is 0.274 e. The Morgan fingerprint density at radius 1 is 1.47 bits per heavy atom. The number of aryl methyl sites for hydroxylation is 1. The van der Waals surface area contributed by atoms with Crippen LogP contribution in [0.15, 0.2) is 18.2 Å². The van der Waals surface area contributed by atoms with E-state index in [0.717, 1.165) is 5.69 Å². The molecule has 1 aromatic rings. The highest BCUT2D eigenvalue weighted by Crippen LogP contribution is 2.22. The summed E-state index contributed by atoms with van der Waals surface area (Å²) in [4.78, 5) is 10.4. The van der Waals surface area contributed by atoms with E-state index in [0.29, 0.717) is 18.0 Å². The fourth-order valence-corrected chi connectivity index (χ4v) is 1.39. The van der Waals surface area contributed by atoms with Crippen LogP contribution in [0.4, 0.5) is 11.4 Å². The Balaban J connectivity index is 2.73.